The number of nitrogens with one attached hydrogen (secondary N) is 1. The summed E-state index contributed by atoms with van der Waals surface area (Å²) in [4.78, 5) is 26.3. The molecule has 1 atom stereocenters. The van der Waals surface area contributed by atoms with Gasteiger partial charge >= 0.3 is 0 Å². The lowest BCUT2D eigenvalue weighted by atomic mass is 9.87. The Kier molecular flexibility index (Phi) is 4.84. The van der Waals surface area contributed by atoms with Crippen LogP contribution in [-0.4, -0.2) is 23.3 Å². The van der Waals surface area contributed by atoms with E-state index in [0.717, 1.165) is 43.5 Å². The summed E-state index contributed by atoms with van der Waals surface area (Å²) in [7, 11) is 0. The van der Waals surface area contributed by atoms with E-state index < -0.39 is 0 Å². The Morgan fingerprint density at radius 1 is 1.11 bits per heavy atom. The third-order valence-electron chi connectivity index (χ3n) is 5.55. The van der Waals surface area contributed by atoms with E-state index in [0.29, 0.717) is 18.5 Å². The molecule has 140 valence electrons. The number of rotatable bonds is 4. The molecule has 1 heterocycles. The van der Waals surface area contributed by atoms with Gasteiger partial charge in [0.05, 0.1) is 6.04 Å². The van der Waals surface area contributed by atoms with E-state index in [2.05, 4.69) is 5.32 Å². The smallest absolute Gasteiger partial charge is 0.251 e. The molecule has 1 aliphatic carbocycles. The minimum atomic E-state index is -0.0616. The number of benzene rings is 2. The lowest BCUT2D eigenvalue weighted by Crippen LogP contribution is -2.31. The summed E-state index contributed by atoms with van der Waals surface area (Å²) in [5.74, 6) is 0.155. The number of nitrogens with zero attached hydrogens (tertiary/aromatic N) is 1. The Morgan fingerprint density at radius 3 is 2.67 bits per heavy atom. The Hall–Kier alpha value is -2.82. The number of carbonyl (C=O) groups is 2. The van der Waals surface area contributed by atoms with Gasteiger partial charge in [0.15, 0.2) is 0 Å². The molecule has 2 aliphatic rings. The number of nitrogen functional groups attached to an aromatic ring is 1. The monoisotopic (exact) mass is 363 g/mol. The molecule has 2 aromatic rings. The summed E-state index contributed by atoms with van der Waals surface area (Å²) in [5, 5.41) is 3.17. The molecular weight excluding hydrogens is 338 g/mol. The van der Waals surface area contributed by atoms with Crippen molar-refractivity contribution in [2.24, 2.45) is 0 Å². The van der Waals surface area contributed by atoms with E-state index in [1.807, 2.05) is 47.4 Å². The van der Waals surface area contributed by atoms with Crippen LogP contribution in [0.4, 0.5) is 5.69 Å². The van der Waals surface area contributed by atoms with E-state index in [1.54, 1.807) is 0 Å². The predicted molar refractivity (Wildman–Crippen MR) is 105 cm³/mol. The van der Waals surface area contributed by atoms with Crippen molar-refractivity contribution in [2.45, 2.75) is 44.7 Å². The van der Waals surface area contributed by atoms with E-state index in [4.69, 9.17) is 5.73 Å². The van der Waals surface area contributed by atoms with Crippen molar-refractivity contribution >= 4 is 17.5 Å². The molecule has 2 aromatic carbocycles. The average molecular weight is 363 g/mol. The van der Waals surface area contributed by atoms with Gasteiger partial charge in [-0.3, -0.25) is 9.59 Å². The zero-order chi connectivity index (χ0) is 18.8. The van der Waals surface area contributed by atoms with Crippen LogP contribution in [0.15, 0.2) is 42.5 Å². The Balaban J connectivity index is 1.42. The van der Waals surface area contributed by atoms with Crippen LogP contribution in [0.1, 0.15) is 58.8 Å². The first-order chi connectivity index (χ1) is 13.1. The maximum absolute atomic E-state index is 12.7. The number of hydrogen-bond donors (Lipinski definition) is 2. The van der Waals surface area contributed by atoms with Gasteiger partial charge in [-0.05, 0) is 66.6 Å². The molecule has 0 radical (unpaired) electrons. The number of anilines is 1. The minimum absolute atomic E-state index is 0.0312. The highest BCUT2D eigenvalue weighted by Crippen LogP contribution is 2.31. The topological polar surface area (TPSA) is 75.4 Å². The quantitative estimate of drug-likeness (QED) is 0.819. The molecule has 2 amide bonds. The third-order valence-corrected chi connectivity index (χ3v) is 5.55. The van der Waals surface area contributed by atoms with E-state index in [-0.39, 0.29) is 17.9 Å². The van der Waals surface area contributed by atoms with E-state index in [1.165, 1.54) is 11.1 Å². The number of carbonyl (C=O) groups excluding carboxylic acids is 2. The lowest BCUT2D eigenvalue weighted by Gasteiger charge is -2.26. The molecule has 0 saturated carbocycles. The highest BCUT2D eigenvalue weighted by molar-refractivity contribution is 5.94. The molecule has 5 heteroatoms. The Labute approximate surface area is 159 Å². The second-order valence-electron chi connectivity index (χ2n) is 7.49. The van der Waals surface area contributed by atoms with Gasteiger partial charge in [-0.1, -0.05) is 18.2 Å². The van der Waals surface area contributed by atoms with Crippen LogP contribution < -0.4 is 11.1 Å². The maximum Gasteiger partial charge on any atom is 0.251 e. The van der Waals surface area contributed by atoms with E-state index in [9.17, 15) is 9.59 Å². The van der Waals surface area contributed by atoms with Gasteiger partial charge in [-0.15, -0.1) is 0 Å². The number of amides is 2. The first-order valence-corrected chi connectivity index (χ1v) is 9.66. The molecule has 0 aromatic heterocycles. The minimum Gasteiger partial charge on any atom is -0.399 e. The zero-order valence-corrected chi connectivity index (χ0v) is 15.4. The predicted octanol–water partition coefficient (Wildman–Crippen LogP) is 3.20. The number of hydrogen-bond acceptors (Lipinski definition) is 3. The van der Waals surface area contributed by atoms with Crippen LogP contribution in [0.5, 0.6) is 0 Å². The molecule has 1 saturated heterocycles. The van der Waals surface area contributed by atoms with Crippen molar-refractivity contribution in [3.05, 3.63) is 64.7 Å². The summed E-state index contributed by atoms with van der Waals surface area (Å²) in [5.41, 5.74) is 10.8. The van der Waals surface area contributed by atoms with Crippen molar-refractivity contribution in [3.63, 3.8) is 0 Å². The molecule has 3 N–H and O–H groups in total. The standard InChI is InChI=1S/C22H25N3O2/c23-18-10-11-19-17(13-18)3-1-4-20(19)24-22(27)16-8-6-15(7-9-16)14-25-12-2-5-21(25)26/h6-11,13,20H,1-5,12,14,23H2,(H,24,27). The van der Waals surface area contributed by atoms with E-state index >= 15 is 0 Å². The molecule has 5 nitrogen and oxygen atoms in total. The second kappa shape index (κ2) is 7.43. The van der Waals surface area contributed by atoms with Gasteiger partial charge < -0.3 is 16.0 Å². The zero-order valence-electron chi connectivity index (χ0n) is 15.4. The first kappa shape index (κ1) is 17.6. The average Bonchev–Trinajstić information content (AvgIpc) is 3.07. The van der Waals surface area contributed by atoms with Gasteiger partial charge in [0.25, 0.3) is 5.91 Å². The Morgan fingerprint density at radius 2 is 1.93 bits per heavy atom. The lowest BCUT2D eigenvalue weighted by molar-refractivity contribution is -0.128. The van der Waals surface area contributed by atoms with Crippen LogP contribution >= 0.6 is 0 Å². The summed E-state index contributed by atoms with van der Waals surface area (Å²) in [6, 6.07) is 13.6. The van der Waals surface area contributed by atoms with Crippen LogP contribution in [0.25, 0.3) is 0 Å². The van der Waals surface area contributed by atoms with Gasteiger partial charge in [-0.2, -0.15) is 0 Å². The van der Waals surface area contributed by atoms with Crippen molar-refractivity contribution in [3.8, 4) is 0 Å². The third kappa shape index (κ3) is 3.82. The van der Waals surface area contributed by atoms with Gasteiger partial charge in [0.2, 0.25) is 5.91 Å². The molecular formula is C22H25N3O2. The van der Waals surface area contributed by atoms with Crippen molar-refractivity contribution in [1.82, 2.24) is 10.2 Å². The highest BCUT2D eigenvalue weighted by Gasteiger charge is 2.23. The van der Waals surface area contributed by atoms with Crippen molar-refractivity contribution in [1.29, 1.82) is 0 Å². The maximum atomic E-state index is 12.7. The van der Waals surface area contributed by atoms with Crippen LogP contribution in [0.2, 0.25) is 0 Å². The number of fused-ring (bicyclic) bond motifs is 1. The van der Waals surface area contributed by atoms with Gasteiger partial charge in [-0.25, -0.2) is 0 Å². The summed E-state index contributed by atoms with van der Waals surface area (Å²) in [6.07, 6.45) is 4.58. The molecule has 1 aliphatic heterocycles. The summed E-state index contributed by atoms with van der Waals surface area (Å²) >= 11 is 0. The first-order valence-electron chi connectivity index (χ1n) is 9.66. The van der Waals surface area contributed by atoms with Crippen LogP contribution in [0.3, 0.4) is 0 Å². The normalized spacial score (nSPS) is 19.0. The van der Waals surface area contributed by atoms with Crippen LogP contribution in [0, 0.1) is 0 Å². The highest BCUT2D eigenvalue weighted by atomic mass is 16.2. The summed E-state index contributed by atoms with van der Waals surface area (Å²) in [6.45, 7) is 1.45. The molecule has 0 bridgehead atoms. The fourth-order valence-corrected chi connectivity index (χ4v) is 4.08. The van der Waals surface area contributed by atoms with Gasteiger partial charge in [0.1, 0.15) is 0 Å². The van der Waals surface area contributed by atoms with Crippen molar-refractivity contribution in [2.75, 3.05) is 12.3 Å². The number of nitrogens with two attached hydrogens (primary N) is 1. The number of aryl methyl sites for hydroxylation is 1. The molecule has 1 unspecified atom stereocenters. The number of likely N-dealkylation sites (tertiary alicyclic amines) is 1. The van der Waals surface area contributed by atoms with Crippen LogP contribution in [-0.2, 0) is 17.8 Å². The molecule has 0 spiro atoms. The molecule has 4 rings (SSSR count). The Bertz CT molecular complexity index is 860. The van der Waals surface area contributed by atoms with Crippen molar-refractivity contribution < 1.29 is 9.59 Å². The molecule has 1 fully saturated rings. The summed E-state index contributed by atoms with van der Waals surface area (Å²) < 4.78 is 0. The fraction of sp³-hybridized carbons (Fsp3) is 0.364. The SMILES string of the molecule is Nc1ccc2c(c1)CCCC2NC(=O)c1ccc(CN2CCCC2=O)cc1. The van der Waals surface area contributed by atoms with Gasteiger partial charge in [0, 0.05) is 30.8 Å². The fourth-order valence-electron chi connectivity index (χ4n) is 4.08. The largest absolute Gasteiger partial charge is 0.399 e. The second-order valence-corrected chi connectivity index (χ2v) is 7.49. The molecule has 27 heavy (non-hydrogen) atoms.